The lowest BCUT2D eigenvalue weighted by molar-refractivity contribution is 0.601. The average Bonchev–Trinajstić information content (AvgIpc) is 2.64. The standard InChI is InChI=1S/C21H19FN2S/c1-2-3-4-5-6-7-8-9-18-10-12-20(13-11-18)25-24-16-19-14-15-23-17-21(19)22/h2-7,10-15,17,24H,16H2,1H3/b3-2-,5-4-,7-6+. The fourth-order valence-electron chi connectivity index (χ4n) is 1.82. The predicted molar refractivity (Wildman–Crippen MR) is 103 cm³/mol. The SMILES string of the molecule is C\C=C/C=C\C=C\C#Cc1ccc(SNCc2ccncc2F)cc1. The Morgan fingerprint density at radius 1 is 1.12 bits per heavy atom. The summed E-state index contributed by atoms with van der Waals surface area (Å²) in [7, 11) is 0. The monoisotopic (exact) mass is 350 g/mol. The van der Waals surface area contributed by atoms with Gasteiger partial charge in [0.05, 0.1) is 6.20 Å². The molecule has 0 saturated carbocycles. The molecule has 2 nitrogen and oxygen atoms in total. The summed E-state index contributed by atoms with van der Waals surface area (Å²) in [6, 6.07) is 9.57. The zero-order valence-electron chi connectivity index (χ0n) is 13.9. The molecule has 0 aliphatic rings. The first kappa shape index (κ1) is 18.7. The Labute approximate surface area is 152 Å². The molecule has 1 aromatic carbocycles. The van der Waals surface area contributed by atoms with E-state index in [9.17, 15) is 4.39 Å². The maximum absolute atomic E-state index is 13.5. The Balaban J connectivity index is 1.81. The van der Waals surface area contributed by atoms with Crippen LogP contribution in [0.15, 0.2) is 84.1 Å². The van der Waals surface area contributed by atoms with E-state index in [-0.39, 0.29) is 5.82 Å². The highest BCUT2D eigenvalue weighted by Crippen LogP contribution is 2.16. The largest absolute Gasteiger partial charge is 0.262 e. The molecule has 126 valence electrons. The topological polar surface area (TPSA) is 24.9 Å². The molecule has 4 heteroatoms. The predicted octanol–water partition coefficient (Wildman–Crippen LogP) is 5.06. The van der Waals surface area contributed by atoms with Crippen LogP contribution in [-0.2, 0) is 6.54 Å². The first-order valence-electron chi connectivity index (χ1n) is 7.84. The summed E-state index contributed by atoms with van der Waals surface area (Å²) in [4.78, 5) is 4.78. The lowest BCUT2D eigenvalue weighted by Gasteiger charge is -2.05. The molecule has 25 heavy (non-hydrogen) atoms. The van der Waals surface area contributed by atoms with Crippen molar-refractivity contribution in [3.63, 3.8) is 0 Å². The summed E-state index contributed by atoms with van der Waals surface area (Å²) >= 11 is 1.46. The van der Waals surface area contributed by atoms with E-state index < -0.39 is 0 Å². The van der Waals surface area contributed by atoms with Gasteiger partial charge in [-0.2, -0.15) is 0 Å². The minimum absolute atomic E-state index is 0.296. The van der Waals surface area contributed by atoms with Gasteiger partial charge in [0.15, 0.2) is 0 Å². The number of benzene rings is 1. The molecule has 0 aliphatic heterocycles. The van der Waals surface area contributed by atoms with E-state index in [0.717, 1.165) is 10.5 Å². The number of hydrogen-bond acceptors (Lipinski definition) is 3. The number of rotatable bonds is 6. The molecule has 0 amide bonds. The summed E-state index contributed by atoms with van der Waals surface area (Å²) in [5, 5.41) is 0. The molecule has 1 heterocycles. The van der Waals surface area contributed by atoms with Crippen LogP contribution in [0.2, 0.25) is 0 Å². The van der Waals surface area contributed by atoms with E-state index in [2.05, 4.69) is 21.5 Å². The summed E-state index contributed by atoms with van der Waals surface area (Å²) < 4.78 is 16.6. The van der Waals surface area contributed by atoms with Crippen LogP contribution in [0.25, 0.3) is 0 Å². The van der Waals surface area contributed by atoms with Crippen LogP contribution in [0, 0.1) is 17.7 Å². The molecule has 0 spiro atoms. The van der Waals surface area contributed by atoms with Crippen molar-refractivity contribution in [2.24, 2.45) is 0 Å². The molecule has 0 saturated heterocycles. The molecule has 0 bridgehead atoms. The molecule has 1 aromatic heterocycles. The number of nitrogens with zero attached hydrogens (tertiary/aromatic N) is 1. The number of halogens is 1. The molecular formula is C21H19FN2S. The van der Waals surface area contributed by atoms with E-state index in [1.165, 1.54) is 18.1 Å². The smallest absolute Gasteiger partial charge is 0.145 e. The first-order valence-corrected chi connectivity index (χ1v) is 8.65. The summed E-state index contributed by atoms with van der Waals surface area (Å²) in [5.74, 6) is 5.77. The van der Waals surface area contributed by atoms with Gasteiger partial charge < -0.3 is 0 Å². The van der Waals surface area contributed by atoms with Crippen molar-refractivity contribution in [2.75, 3.05) is 0 Å². The molecule has 1 N–H and O–H groups in total. The second kappa shape index (κ2) is 11.0. The van der Waals surface area contributed by atoms with Gasteiger partial charge in [-0.05, 0) is 55.3 Å². The Morgan fingerprint density at radius 3 is 2.68 bits per heavy atom. The summed E-state index contributed by atoms with van der Waals surface area (Å²) in [6.45, 7) is 2.41. The Morgan fingerprint density at radius 2 is 1.92 bits per heavy atom. The fourth-order valence-corrected chi connectivity index (χ4v) is 2.49. The minimum Gasteiger partial charge on any atom is -0.262 e. The van der Waals surface area contributed by atoms with Crippen molar-refractivity contribution in [1.29, 1.82) is 0 Å². The van der Waals surface area contributed by atoms with Gasteiger partial charge in [-0.15, -0.1) is 0 Å². The van der Waals surface area contributed by atoms with E-state index in [1.54, 1.807) is 12.3 Å². The van der Waals surface area contributed by atoms with Crippen LogP contribution in [0.4, 0.5) is 4.39 Å². The van der Waals surface area contributed by atoms with Gasteiger partial charge in [0.2, 0.25) is 0 Å². The second-order valence-electron chi connectivity index (χ2n) is 4.95. The van der Waals surface area contributed by atoms with Crippen molar-refractivity contribution in [3.05, 3.63) is 96.1 Å². The zero-order valence-corrected chi connectivity index (χ0v) is 14.8. The van der Waals surface area contributed by atoms with Crippen LogP contribution in [0.5, 0.6) is 0 Å². The minimum atomic E-state index is -0.296. The van der Waals surface area contributed by atoms with Gasteiger partial charge in [-0.3, -0.25) is 9.71 Å². The van der Waals surface area contributed by atoms with Gasteiger partial charge in [0, 0.05) is 28.8 Å². The van der Waals surface area contributed by atoms with Crippen LogP contribution < -0.4 is 4.72 Å². The number of pyridine rings is 1. The van der Waals surface area contributed by atoms with Gasteiger partial charge in [-0.1, -0.05) is 42.2 Å². The van der Waals surface area contributed by atoms with Crippen molar-refractivity contribution < 1.29 is 4.39 Å². The molecule has 0 atom stereocenters. The highest BCUT2D eigenvalue weighted by Gasteiger charge is 2.01. The fraction of sp³-hybridized carbons (Fsp3) is 0.0952. The lowest BCUT2D eigenvalue weighted by Crippen LogP contribution is -2.05. The number of hydrogen-bond donors (Lipinski definition) is 1. The van der Waals surface area contributed by atoms with E-state index in [4.69, 9.17) is 0 Å². The Hall–Kier alpha value is -2.61. The van der Waals surface area contributed by atoms with Crippen molar-refractivity contribution in [1.82, 2.24) is 9.71 Å². The van der Waals surface area contributed by atoms with Crippen molar-refractivity contribution in [3.8, 4) is 11.8 Å². The molecule has 0 radical (unpaired) electrons. The van der Waals surface area contributed by atoms with Gasteiger partial charge in [0.1, 0.15) is 5.82 Å². The van der Waals surface area contributed by atoms with E-state index in [1.807, 2.05) is 67.6 Å². The second-order valence-corrected chi connectivity index (χ2v) is 5.92. The van der Waals surface area contributed by atoms with E-state index in [0.29, 0.717) is 12.1 Å². The summed E-state index contributed by atoms with van der Waals surface area (Å²) in [5.41, 5.74) is 1.55. The molecule has 0 aliphatic carbocycles. The maximum atomic E-state index is 13.5. The van der Waals surface area contributed by atoms with Crippen LogP contribution >= 0.6 is 11.9 Å². The van der Waals surface area contributed by atoms with Crippen LogP contribution in [0.1, 0.15) is 18.1 Å². The van der Waals surface area contributed by atoms with Crippen LogP contribution in [-0.4, -0.2) is 4.98 Å². The third-order valence-electron chi connectivity index (χ3n) is 3.09. The quantitative estimate of drug-likeness (QED) is 0.448. The number of aromatic nitrogens is 1. The summed E-state index contributed by atoms with van der Waals surface area (Å²) in [6.07, 6.45) is 14.3. The molecule has 2 aromatic rings. The zero-order chi connectivity index (χ0) is 17.7. The van der Waals surface area contributed by atoms with Crippen LogP contribution in [0.3, 0.4) is 0 Å². The third-order valence-corrected chi connectivity index (χ3v) is 3.88. The number of nitrogens with one attached hydrogen (secondary N) is 1. The highest BCUT2D eigenvalue weighted by atomic mass is 32.2. The van der Waals surface area contributed by atoms with Crippen molar-refractivity contribution >= 4 is 11.9 Å². The first-order chi connectivity index (χ1) is 12.3. The van der Waals surface area contributed by atoms with Gasteiger partial charge >= 0.3 is 0 Å². The van der Waals surface area contributed by atoms with Crippen molar-refractivity contribution in [2.45, 2.75) is 18.4 Å². The van der Waals surface area contributed by atoms with Gasteiger partial charge in [0.25, 0.3) is 0 Å². The normalized spacial score (nSPS) is 11.3. The third kappa shape index (κ3) is 7.21. The van der Waals surface area contributed by atoms with Gasteiger partial charge in [-0.25, -0.2) is 4.39 Å². The average molecular weight is 350 g/mol. The maximum Gasteiger partial charge on any atom is 0.145 e. The van der Waals surface area contributed by atoms with E-state index >= 15 is 0 Å². The Bertz CT molecular complexity index is 812. The molecule has 2 rings (SSSR count). The lowest BCUT2D eigenvalue weighted by atomic mass is 10.2. The molecule has 0 fully saturated rings. The molecular weight excluding hydrogens is 331 g/mol. The number of allylic oxidation sites excluding steroid dienone is 6. The molecule has 0 unspecified atom stereocenters. The Kier molecular flexibility index (Phi) is 8.26. The highest BCUT2D eigenvalue weighted by molar-refractivity contribution is 7.97.